The molecule has 0 radical (unpaired) electrons. The Balaban J connectivity index is 1.91. The Morgan fingerprint density at radius 1 is 1.00 bits per heavy atom. The number of nitrogens with zero attached hydrogens (tertiary/aromatic N) is 5. The lowest BCUT2D eigenvalue weighted by Crippen LogP contribution is -2.11. The summed E-state index contributed by atoms with van der Waals surface area (Å²) in [7, 11) is 0. The summed E-state index contributed by atoms with van der Waals surface area (Å²) in [6.45, 7) is 4.72. The van der Waals surface area contributed by atoms with E-state index in [2.05, 4.69) is 49.4 Å². The summed E-state index contributed by atoms with van der Waals surface area (Å²) < 4.78 is 0. The number of aromatic nitrogens is 5. The molecule has 0 unspecified atom stereocenters. The summed E-state index contributed by atoms with van der Waals surface area (Å²) in [5, 5.41) is 15.2. The van der Waals surface area contributed by atoms with Crippen LogP contribution in [0.25, 0.3) is 11.3 Å². The summed E-state index contributed by atoms with van der Waals surface area (Å²) in [6.07, 6.45) is 7.69. The molecule has 0 fully saturated rings. The van der Waals surface area contributed by atoms with Crippen LogP contribution in [0.2, 0.25) is 0 Å². The van der Waals surface area contributed by atoms with Gasteiger partial charge in [-0.1, -0.05) is 13.8 Å². The lowest BCUT2D eigenvalue weighted by molar-refractivity contribution is 0.310. The van der Waals surface area contributed by atoms with Crippen molar-refractivity contribution in [1.29, 1.82) is 0 Å². The zero-order valence-corrected chi connectivity index (χ0v) is 15.4. The molecule has 0 aromatic carbocycles. The Bertz CT molecular complexity index is 871. The molecule has 3 N–H and O–H groups in total. The average Bonchev–Trinajstić information content (AvgIpc) is 2.67. The third kappa shape index (κ3) is 5.18. The third-order valence-corrected chi connectivity index (χ3v) is 3.73. The Morgan fingerprint density at radius 2 is 1.81 bits per heavy atom. The van der Waals surface area contributed by atoms with E-state index in [0.29, 0.717) is 24.4 Å². The molecule has 140 valence electrons. The van der Waals surface area contributed by atoms with E-state index in [1.807, 2.05) is 18.2 Å². The number of aliphatic hydroxyl groups is 1. The fraction of sp³-hybridized carbons (Fsp3) is 0.316. The van der Waals surface area contributed by atoms with Gasteiger partial charge in [0.05, 0.1) is 18.0 Å². The molecule has 0 aliphatic rings. The highest BCUT2D eigenvalue weighted by Gasteiger charge is 2.13. The zero-order chi connectivity index (χ0) is 19.1. The van der Waals surface area contributed by atoms with Gasteiger partial charge in [-0.3, -0.25) is 4.98 Å². The van der Waals surface area contributed by atoms with Crippen molar-refractivity contribution in [3.8, 4) is 11.3 Å². The Labute approximate surface area is 158 Å². The van der Waals surface area contributed by atoms with Crippen molar-refractivity contribution < 1.29 is 5.11 Å². The molecule has 3 rings (SSSR count). The van der Waals surface area contributed by atoms with Crippen molar-refractivity contribution in [2.45, 2.75) is 20.3 Å². The largest absolute Gasteiger partial charge is 0.395 e. The molecule has 3 heterocycles. The molecular weight excluding hydrogens is 342 g/mol. The maximum atomic E-state index is 8.98. The summed E-state index contributed by atoms with van der Waals surface area (Å²) in [4.78, 5) is 21.9. The predicted molar refractivity (Wildman–Crippen MR) is 105 cm³/mol. The molecule has 8 nitrogen and oxygen atoms in total. The van der Waals surface area contributed by atoms with Crippen LogP contribution in [0.1, 0.15) is 19.5 Å². The Kier molecular flexibility index (Phi) is 6.22. The van der Waals surface area contributed by atoms with E-state index in [4.69, 9.17) is 5.11 Å². The van der Waals surface area contributed by atoms with Gasteiger partial charge in [-0.25, -0.2) is 19.9 Å². The Hall–Kier alpha value is -3.13. The van der Waals surface area contributed by atoms with Crippen LogP contribution < -0.4 is 10.6 Å². The number of rotatable bonds is 8. The van der Waals surface area contributed by atoms with Crippen LogP contribution >= 0.6 is 0 Å². The molecule has 0 aliphatic heterocycles. The van der Waals surface area contributed by atoms with E-state index in [-0.39, 0.29) is 6.61 Å². The highest BCUT2D eigenvalue weighted by molar-refractivity contribution is 5.64. The highest BCUT2D eigenvalue weighted by Crippen LogP contribution is 2.24. The molecular formula is C19H23N7O. The van der Waals surface area contributed by atoms with Gasteiger partial charge in [0.25, 0.3) is 0 Å². The first-order valence-electron chi connectivity index (χ1n) is 8.87. The molecule has 0 spiro atoms. The summed E-state index contributed by atoms with van der Waals surface area (Å²) in [6, 6.07) is 5.55. The summed E-state index contributed by atoms with van der Waals surface area (Å²) in [5.41, 5.74) is 3.41. The predicted octanol–water partition coefficient (Wildman–Crippen LogP) is 2.67. The van der Waals surface area contributed by atoms with Crippen LogP contribution in [-0.2, 0) is 6.42 Å². The number of pyridine rings is 1. The lowest BCUT2D eigenvalue weighted by Gasteiger charge is -2.13. The van der Waals surface area contributed by atoms with Gasteiger partial charge in [0.1, 0.15) is 0 Å². The standard InChI is InChI=1S/C19H23N7O/c1-13(2)11-17-15(12-23-18(26-17)22-9-10-27)16-5-8-21-19(25-16)24-14-3-6-20-7-4-14/h3-8,12-13,27H,9-11H2,1-2H3,(H,22,23,26)(H,20,21,24,25). The zero-order valence-electron chi connectivity index (χ0n) is 15.4. The first kappa shape index (κ1) is 18.7. The second-order valence-corrected chi connectivity index (χ2v) is 6.43. The van der Waals surface area contributed by atoms with Crippen LogP contribution in [0.15, 0.2) is 43.0 Å². The second kappa shape index (κ2) is 9.00. The van der Waals surface area contributed by atoms with E-state index < -0.39 is 0 Å². The summed E-state index contributed by atoms with van der Waals surface area (Å²) >= 11 is 0. The summed E-state index contributed by atoms with van der Waals surface area (Å²) in [5.74, 6) is 1.44. The first-order valence-corrected chi connectivity index (χ1v) is 8.87. The SMILES string of the molecule is CC(C)Cc1nc(NCCO)ncc1-c1ccnc(Nc2ccncc2)n1. The van der Waals surface area contributed by atoms with Crippen LogP contribution in [0.5, 0.6) is 0 Å². The first-order chi connectivity index (χ1) is 13.2. The molecule has 0 bridgehead atoms. The van der Waals surface area contributed by atoms with E-state index >= 15 is 0 Å². The molecule has 3 aromatic heterocycles. The molecule has 0 saturated heterocycles. The molecule has 3 aromatic rings. The van der Waals surface area contributed by atoms with Crippen molar-refractivity contribution in [2.24, 2.45) is 5.92 Å². The van der Waals surface area contributed by atoms with Gasteiger partial charge in [-0.15, -0.1) is 0 Å². The van der Waals surface area contributed by atoms with Crippen molar-refractivity contribution in [3.63, 3.8) is 0 Å². The molecule has 27 heavy (non-hydrogen) atoms. The minimum atomic E-state index is 0.0283. The topological polar surface area (TPSA) is 109 Å². The number of hydrogen-bond donors (Lipinski definition) is 3. The van der Waals surface area contributed by atoms with Crippen molar-refractivity contribution in [2.75, 3.05) is 23.8 Å². The molecule has 0 saturated carbocycles. The number of anilines is 3. The fourth-order valence-corrected chi connectivity index (χ4v) is 2.56. The van der Waals surface area contributed by atoms with Gasteiger partial charge in [0.15, 0.2) is 0 Å². The number of aliphatic hydroxyl groups excluding tert-OH is 1. The monoisotopic (exact) mass is 365 g/mol. The quantitative estimate of drug-likeness (QED) is 0.559. The van der Waals surface area contributed by atoms with Crippen LogP contribution in [-0.4, -0.2) is 43.2 Å². The molecule has 0 aliphatic carbocycles. The molecule has 0 amide bonds. The van der Waals surface area contributed by atoms with Crippen molar-refractivity contribution >= 4 is 17.6 Å². The molecule has 0 atom stereocenters. The second-order valence-electron chi connectivity index (χ2n) is 6.43. The average molecular weight is 365 g/mol. The van der Waals surface area contributed by atoms with Crippen molar-refractivity contribution in [3.05, 3.63) is 48.7 Å². The van der Waals surface area contributed by atoms with Crippen LogP contribution in [0.3, 0.4) is 0 Å². The number of hydrogen-bond acceptors (Lipinski definition) is 8. The minimum Gasteiger partial charge on any atom is -0.395 e. The fourth-order valence-electron chi connectivity index (χ4n) is 2.56. The normalized spacial score (nSPS) is 10.8. The van der Waals surface area contributed by atoms with E-state index in [1.54, 1.807) is 24.8 Å². The van der Waals surface area contributed by atoms with Gasteiger partial charge in [0, 0.05) is 42.6 Å². The lowest BCUT2D eigenvalue weighted by atomic mass is 10.0. The van der Waals surface area contributed by atoms with E-state index in [0.717, 1.165) is 29.1 Å². The molecule has 8 heteroatoms. The van der Waals surface area contributed by atoms with Gasteiger partial charge in [-0.05, 0) is 30.5 Å². The number of nitrogens with one attached hydrogen (secondary N) is 2. The van der Waals surface area contributed by atoms with Crippen molar-refractivity contribution in [1.82, 2.24) is 24.9 Å². The van der Waals surface area contributed by atoms with Gasteiger partial charge < -0.3 is 15.7 Å². The van der Waals surface area contributed by atoms with E-state index in [9.17, 15) is 0 Å². The smallest absolute Gasteiger partial charge is 0.227 e. The maximum Gasteiger partial charge on any atom is 0.227 e. The maximum absolute atomic E-state index is 8.98. The third-order valence-electron chi connectivity index (χ3n) is 3.73. The van der Waals surface area contributed by atoms with Gasteiger partial charge in [-0.2, -0.15) is 0 Å². The van der Waals surface area contributed by atoms with Gasteiger partial charge in [0.2, 0.25) is 11.9 Å². The van der Waals surface area contributed by atoms with Crippen LogP contribution in [0.4, 0.5) is 17.6 Å². The highest BCUT2D eigenvalue weighted by atomic mass is 16.3. The Morgan fingerprint density at radius 3 is 2.56 bits per heavy atom. The minimum absolute atomic E-state index is 0.0283. The van der Waals surface area contributed by atoms with E-state index in [1.165, 1.54) is 0 Å². The van der Waals surface area contributed by atoms with Crippen LogP contribution in [0, 0.1) is 5.92 Å². The van der Waals surface area contributed by atoms with Gasteiger partial charge >= 0.3 is 0 Å².